The topological polar surface area (TPSA) is 56.7 Å². The lowest BCUT2D eigenvalue weighted by Crippen LogP contribution is -2.62. The van der Waals surface area contributed by atoms with Gasteiger partial charge in [0.2, 0.25) is 0 Å². The van der Waals surface area contributed by atoms with Gasteiger partial charge in [-0.2, -0.15) is 0 Å². The molecular formula is C35H41N3O2. The van der Waals surface area contributed by atoms with Gasteiger partial charge in [0.05, 0.1) is 11.8 Å². The van der Waals surface area contributed by atoms with Crippen LogP contribution in [-0.2, 0) is 6.42 Å². The molecule has 1 amide bonds. The minimum atomic E-state index is -0.371. The number of benzene rings is 2. The minimum Gasteiger partial charge on any atom is -0.388 e. The Morgan fingerprint density at radius 1 is 0.850 bits per heavy atom. The van der Waals surface area contributed by atoms with Gasteiger partial charge in [-0.25, -0.2) is 0 Å². The van der Waals surface area contributed by atoms with Gasteiger partial charge in [0.15, 0.2) is 0 Å². The van der Waals surface area contributed by atoms with Gasteiger partial charge in [0.25, 0.3) is 5.91 Å². The Bertz CT molecular complexity index is 1290. The second-order valence-electron chi connectivity index (χ2n) is 12.7. The third-order valence-corrected chi connectivity index (χ3v) is 10.6. The van der Waals surface area contributed by atoms with E-state index in [1.54, 1.807) is 0 Å². The first-order valence-electron chi connectivity index (χ1n) is 15.4. The predicted molar refractivity (Wildman–Crippen MR) is 157 cm³/mol. The molecule has 5 nitrogen and oxygen atoms in total. The molecule has 3 saturated heterocycles. The van der Waals surface area contributed by atoms with Gasteiger partial charge < -0.3 is 10.0 Å². The Hall–Kier alpha value is -3.02. The zero-order valence-electron chi connectivity index (χ0n) is 23.5. The summed E-state index contributed by atoms with van der Waals surface area (Å²) >= 11 is 0. The summed E-state index contributed by atoms with van der Waals surface area (Å²) in [6.07, 6.45) is 10.4. The quantitative estimate of drug-likeness (QED) is 0.383. The highest BCUT2D eigenvalue weighted by Gasteiger charge is 2.57. The molecule has 40 heavy (non-hydrogen) atoms. The molecule has 4 bridgehead atoms. The van der Waals surface area contributed by atoms with Gasteiger partial charge in [-0.3, -0.25) is 14.7 Å². The van der Waals surface area contributed by atoms with E-state index in [-0.39, 0.29) is 18.1 Å². The molecule has 7 rings (SSSR count). The summed E-state index contributed by atoms with van der Waals surface area (Å²) in [5, 5.41) is 10.9. The molecule has 3 aromatic rings. The SMILES string of the molecule is C[C@H](c1ccccn1)N1C2CCC1C1CCC2N1C(=O)c1ccc(C[C@@H]2CC[C@H]([C@H](O)c3ccccc3)C2)cc1. The van der Waals surface area contributed by atoms with E-state index in [2.05, 4.69) is 58.1 Å². The van der Waals surface area contributed by atoms with Crippen LogP contribution in [0.3, 0.4) is 0 Å². The maximum absolute atomic E-state index is 13.9. The van der Waals surface area contributed by atoms with Crippen LogP contribution in [0, 0.1) is 11.8 Å². The van der Waals surface area contributed by atoms with Gasteiger partial charge in [-0.05, 0) is 106 Å². The van der Waals surface area contributed by atoms with E-state index in [0.29, 0.717) is 36.0 Å². The number of aromatic nitrogens is 1. The fourth-order valence-corrected chi connectivity index (χ4v) is 8.71. The number of amides is 1. The van der Waals surface area contributed by atoms with Crippen molar-refractivity contribution in [2.24, 2.45) is 11.8 Å². The van der Waals surface area contributed by atoms with E-state index in [9.17, 15) is 9.90 Å². The molecule has 2 aromatic carbocycles. The number of pyridine rings is 1. The zero-order valence-corrected chi connectivity index (χ0v) is 23.5. The number of piperazine rings is 1. The van der Waals surface area contributed by atoms with Gasteiger partial charge in [0, 0.05) is 42.0 Å². The molecule has 1 aromatic heterocycles. The highest BCUT2D eigenvalue weighted by atomic mass is 16.3. The average molecular weight is 536 g/mol. The van der Waals surface area contributed by atoms with E-state index in [0.717, 1.165) is 55.3 Å². The van der Waals surface area contributed by atoms with Crippen molar-refractivity contribution in [3.8, 4) is 0 Å². The molecular weight excluding hydrogens is 494 g/mol. The molecule has 1 saturated carbocycles. The summed E-state index contributed by atoms with van der Waals surface area (Å²) in [6, 6.07) is 26.5. The van der Waals surface area contributed by atoms with Crippen LogP contribution in [0.4, 0.5) is 0 Å². The van der Waals surface area contributed by atoms with Gasteiger partial charge in [0.1, 0.15) is 0 Å². The normalized spacial score (nSPS) is 30.9. The molecule has 0 radical (unpaired) electrons. The second-order valence-corrected chi connectivity index (χ2v) is 12.7. The molecule has 4 aliphatic rings. The van der Waals surface area contributed by atoms with E-state index >= 15 is 0 Å². The number of nitrogens with zero attached hydrogens (tertiary/aromatic N) is 3. The third kappa shape index (κ3) is 4.57. The van der Waals surface area contributed by atoms with Crippen LogP contribution < -0.4 is 0 Å². The Balaban J connectivity index is 1.00. The van der Waals surface area contributed by atoms with Crippen molar-refractivity contribution in [2.45, 2.75) is 94.6 Å². The van der Waals surface area contributed by atoms with E-state index < -0.39 is 0 Å². The predicted octanol–water partition coefficient (Wildman–Crippen LogP) is 6.36. The zero-order chi connectivity index (χ0) is 27.2. The highest BCUT2D eigenvalue weighted by Crippen LogP contribution is 2.49. The molecule has 1 N–H and O–H groups in total. The monoisotopic (exact) mass is 535 g/mol. The van der Waals surface area contributed by atoms with Crippen LogP contribution in [0.5, 0.6) is 0 Å². The molecule has 3 aliphatic heterocycles. The summed E-state index contributed by atoms with van der Waals surface area (Å²) in [6.45, 7) is 2.29. The first-order valence-corrected chi connectivity index (χ1v) is 15.4. The molecule has 1 aliphatic carbocycles. The van der Waals surface area contributed by atoms with Gasteiger partial charge in [-0.15, -0.1) is 0 Å². The Labute approximate surface area is 238 Å². The fourth-order valence-electron chi connectivity index (χ4n) is 8.71. The summed E-state index contributed by atoms with van der Waals surface area (Å²) in [7, 11) is 0. The molecule has 208 valence electrons. The van der Waals surface area contributed by atoms with Crippen molar-refractivity contribution in [3.05, 3.63) is 101 Å². The molecule has 4 unspecified atom stereocenters. The van der Waals surface area contributed by atoms with Crippen molar-refractivity contribution in [2.75, 3.05) is 0 Å². The van der Waals surface area contributed by atoms with Crippen LogP contribution in [0.15, 0.2) is 79.0 Å². The van der Waals surface area contributed by atoms with Crippen LogP contribution in [0.1, 0.15) is 91.2 Å². The number of rotatable bonds is 7. The number of hydrogen-bond acceptors (Lipinski definition) is 4. The highest BCUT2D eigenvalue weighted by molar-refractivity contribution is 5.95. The average Bonchev–Trinajstić information content (AvgIpc) is 3.71. The Kier molecular flexibility index (Phi) is 6.97. The summed E-state index contributed by atoms with van der Waals surface area (Å²) in [5.74, 6) is 1.14. The van der Waals surface area contributed by atoms with Crippen molar-refractivity contribution in [3.63, 3.8) is 0 Å². The fraction of sp³-hybridized carbons (Fsp3) is 0.486. The van der Waals surface area contributed by atoms with E-state index in [1.807, 2.05) is 42.6 Å². The van der Waals surface area contributed by atoms with Crippen LogP contribution in [0.25, 0.3) is 0 Å². The van der Waals surface area contributed by atoms with Crippen molar-refractivity contribution in [1.29, 1.82) is 0 Å². The lowest BCUT2D eigenvalue weighted by molar-refractivity contribution is -0.00790. The summed E-state index contributed by atoms with van der Waals surface area (Å²) in [4.78, 5) is 23.5. The van der Waals surface area contributed by atoms with Gasteiger partial charge in [-0.1, -0.05) is 48.5 Å². The van der Waals surface area contributed by atoms with Crippen LogP contribution in [-0.4, -0.2) is 50.0 Å². The molecule has 0 spiro atoms. The molecule has 4 heterocycles. The Morgan fingerprint density at radius 2 is 1.52 bits per heavy atom. The molecule has 8 atom stereocenters. The summed E-state index contributed by atoms with van der Waals surface area (Å²) < 4.78 is 0. The van der Waals surface area contributed by atoms with E-state index in [4.69, 9.17) is 0 Å². The van der Waals surface area contributed by atoms with Crippen molar-refractivity contribution < 1.29 is 9.90 Å². The number of fused-ring (bicyclic) bond motifs is 6. The van der Waals surface area contributed by atoms with Gasteiger partial charge >= 0.3 is 0 Å². The lowest BCUT2D eigenvalue weighted by atomic mass is 9.91. The number of aliphatic hydroxyl groups excluding tert-OH is 1. The van der Waals surface area contributed by atoms with Crippen molar-refractivity contribution >= 4 is 5.91 Å². The Morgan fingerprint density at radius 3 is 2.20 bits per heavy atom. The summed E-state index contributed by atoms with van der Waals surface area (Å²) in [5.41, 5.74) is 4.30. The number of hydrogen-bond donors (Lipinski definition) is 1. The molecule has 4 fully saturated rings. The number of aliphatic hydroxyl groups is 1. The lowest BCUT2D eigenvalue weighted by Gasteiger charge is -2.49. The minimum absolute atomic E-state index is 0.216. The number of carbonyl (C=O) groups is 1. The second kappa shape index (κ2) is 10.8. The van der Waals surface area contributed by atoms with Crippen LogP contribution >= 0.6 is 0 Å². The largest absolute Gasteiger partial charge is 0.388 e. The smallest absolute Gasteiger partial charge is 0.254 e. The van der Waals surface area contributed by atoms with Crippen LogP contribution in [0.2, 0.25) is 0 Å². The maximum atomic E-state index is 13.9. The first-order chi connectivity index (χ1) is 19.6. The maximum Gasteiger partial charge on any atom is 0.254 e. The number of carbonyl (C=O) groups excluding carboxylic acids is 1. The van der Waals surface area contributed by atoms with Crippen molar-refractivity contribution in [1.82, 2.24) is 14.8 Å². The first kappa shape index (κ1) is 25.9. The standard InChI is InChI=1S/C35H41N3O2/c1-23(29-9-5-6-20-36-29)37-30-16-17-31(37)33-19-18-32(30)38(33)35(40)27-13-10-24(11-14-27)21-25-12-15-28(22-25)34(39)26-7-3-2-4-8-26/h2-11,13-14,20,23,25,28,30-34,39H,12,15-19,21-22H2,1H3/t23-,25+,28+,30?,31?,32?,33?,34-/m1/s1. The third-order valence-electron chi connectivity index (χ3n) is 10.6. The molecule has 5 heteroatoms. The van der Waals surface area contributed by atoms with E-state index in [1.165, 1.54) is 18.4 Å².